The molecule has 0 aromatic carbocycles. The topological polar surface area (TPSA) is 0 Å². The zero-order chi connectivity index (χ0) is 11.3. The smallest absolute Gasteiger partial charge is 0.0993 e. The highest BCUT2D eigenvalue weighted by atomic mass is 35.5. The van der Waals surface area contributed by atoms with Crippen LogP contribution in [0.2, 0.25) is 13.1 Å². The van der Waals surface area contributed by atoms with Gasteiger partial charge in [0.15, 0.2) is 0 Å². The first-order valence-electron chi connectivity index (χ1n) is 5.65. The maximum Gasteiger partial charge on any atom is 0.0993 e. The molecule has 3 heteroatoms. The standard InChI is InChI=1S/C12H20Cl2Si/c1-15(2)10-11(5-3-7-13)9-12(15)6-4-8-14/h9-10H,3-8H2,1-2H3. The van der Waals surface area contributed by atoms with Crippen molar-refractivity contribution in [2.24, 2.45) is 0 Å². The predicted octanol–water partition coefficient (Wildman–Crippen LogP) is 4.68. The lowest BCUT2D eigenvalue weighted by Gasteiger charge is -2.17. The largest absolute Gasteiger partial charge is 0.127 e. The molecule has 0 aromatic heterocycles. The minimum atomic E-state index is -1.22. The van der Waals surface area contributed by atoms with E-state index in [4.69, 9.17) is 23.2 Å². The summed E-state index contributed by atoms with van der Waals surface area (Å²) in [6.45, 7) is 4.83. The zero-order valence-electron chi connectivity index (χ0n) is 9.65. The molecule has 0 unspecified atom stereocenters. The highest BCUT2D eigenvalue weighted by molar-refractivity contribution is 6.89. The fourth-order valence-corrected chi connectivity index (χ4v) is 5.06. The second-order valence-electron chi connectivity index (χ2n) is 4.70. The van der Waals surface area contributed by atoms with Crippen LogP contribution in [0.15, 0.2) is 22.5 Å². The molecule has 0 spiro atoms. The van der Waals surface area contributed by atoms with Crippen LogP contribution in [0, 0.1) is 0 Å². The molecule has 1 heterocycles. The molecule has 0 N–H and O–H groups in total. The molecule has 0 atom stereocenters. The summed E-state index contributed by atoms with van der Waals surface area (Å²) >= 11 is 11.5. The van der Waals surface area contributed by atoms with E-state index >= 15 is 0 Å². The number of hydrogen-bond donors (Lipinski definition) is 0. The predicted molar refractivity (Wildman–Crippen MR) is 73.6 cm³/mol. The quantitative estimate of drug-likeness (QED) is 0.482. The lowest BCUT2D eigenvalue weighted by molar-refractivity contribution is 0.924. The van der Waals surface area contributed by atoms with E-state index in [1.165, 1.54) is 12.0 Å². The summed E-state index contributed by atoms with van der Waals surface area (Å²) in [6.07, 6.45) is 6.94. The van der Waals surface area contributed by atoms with Crippen LogP contribution in [0.25, 0.3) is 0 Å². The van der Waals surface area contributed by atoms with Crippen molar-refractivity contribution in [2.45, 2.75) is 38.8 Å². The second kappa shape index (κ2) is 6.12. The minimum absolute atomic E-state index is 0.768. The molecule has 0 aliphatic carbocycles. The zero-order valence-corrected chi connectivity index (χ0v) is 12.2. The monoisotopic (exact) mass is 262 g/mol. The van der Waals surface area contributed by atoms with E-state index in [9.17, 15) is 0 Å². The highest BCUT2D eigenvalue weighted by Gasteiger charge is 2.27. The first kappa shape index (κ1) is 13.3. The summed E-state index contributed by atoms with van der Waals surface area (Å²) in [5, 5.41) is 1.66. The van der Waals surface area contributed by atoms with Gasteiger partial charge >= 0.3 is 0 Å². The van der Waals surface area contributed by atoms with Gasteiger partial charge in [0.05, 0.1) is 8.07 Å². The molecule has 1 aliphatic rings. The Kier molecular flexibility index (Phi) is 5.44. The Balaban J connectivity index is 2.58. The third-order valence-corrected chi connectivity index (χ3v) is 6.59. The van der Waals surface area contributed by atoms with E-state index in [1.54, 1.807) is 5.20 Å². The van der Waals surface area contributed by atoms with Gasteiger partial charge in [-0.05, 0) is 25.7 Å². The Morgan fingerprint density at radius 1 is 1.07 bits per heavy atom. The van der Waals surface area contributed by atoms with Crippen molar-refractivity contribution in [1.29, 1.82) is 0 Å². The van der Waals surface area contributed by atoms with Gasteiger partial charge in [-0.3, -0.25) is 0 Å². The number of rotatable bonds is 6. The molecule has 1 rings (SSSR count). The van der Waals surface area contributed by atoms with Crippen molar-refractivity contribution in [3.05, 3.63) is 22.5 Å². The number of halogens is 2. The maximum absolute atomic E-state index is 5.75. The van der Waals surface area contributed by atoms with Gasteiger partial charge in [0.25, 0.3) is 0 Å². The lowest BCUT2D eigenvalue weighted by Crippen LogP contribution is -2.24. The average Bonchev–Trinajstić information content (AvgIpc) is 2.47. The fourth-order valence-electron chi connectivity index (χ4n) is 2.07. The van der Waals surface area contributed by atoms with E-state index in [-0.39, 0.29) is 0 Å². The van der Waals surface area contributed by atoms with Crippen LogP contribution in [-0.2, 0) is 0 Å². The van der Waals surface area contributed by atoms with Gasteiger partial charge in [-0.15, -0.1) is 23.2 Å². The fraction of sp³-hybridized carbons (Fsp3) is 0.667. The van der Waals surface area contributed by atoms with Crippen molar-refractivity contribution < 1.29 is 0 Å². The average molecular weight is 263 g/mol. The van der Waals surface area contributed by atoms with Gasteiger partial charge in [-0.1, -0.05) is 35.6 Å². The summed E-state index contributed by atoms with van der Waals surface area (Å²) < 4.78 is 0. The van der Waals surface area contributed by atoms with Crippen LogP contribution in [0.5, 0.6) is 0 Å². The van der Waals surface area contributed by atoms with Gasteiger partial charge in [-0.25, -0.2) is 0 Å². The molecule has 0 saturated heterocycles. The number of hydrogen-bond acceptors (Lipinski definition) is 0. The SMILES string of the molecule is C[Si]1(C)C=C(CCCCl)C=C1CCCCl. The van der Waals surface area contributed by atoms with Crippen molar-refractivity contribution in [3.63, 3.8) is 0 Å². The van der Waals surface area contributed by atoms with Crippen molar-refractivity contribution >= 4 is 31.3 Å². The van der Waals surface area contributed by atoms with Crippen molar-refractivity contribution in [1.82, 2.24) is 0 Å². The van der Waals surface area contributed by atoms with Gasteiger partial charge in [-0.2, -0.15) is 0 Å². The van der Waals surface area contributed by atoms with Crippen LogP contribution >= 0.6 is 23.2 Å². The maximum atomic E-state index is 5.75. The summed E-state index contributed by atoms with van der Waals surface area (Å²) in [6, 6.07) is 0. The van der Waals surface area contributed by atoms with Crippen LogP contribution < -0.4 is 0 Å². The Morgan fingerprint density at radius 3 is 2.27 bits per heavy atom. The lowest BCUT2D eigenvalue weighted by atomic mass is 10.1. The van der Waals surface area contributed by atoms with Crippen molar-refractivity contribution in [3.8, 4) is 0 Å². The Bertz CT molecular complexity index is 267. The van der Waals surface area contributed by atoms with Crippen LogP contribution in [-0.4, -0.2) is 19.8 Å². The summed E-state index contributed by atoms with van der Waals surface area (Å²) in [7, 11) is -1.22. The summed E-state index contributed by atoms with van der Waals surface area (Å²) in [5.74, 6) is 1.54. The summed E-state index contributed by atoms with van der Waals surface area (Å²) in [5.41, 5.74) is 4.03. The normalized spacial score (nSPS) is 18.9. The first-order chi connectivity index (χ1) is 7.10. The molecule has 0 nitrogen and oxygen atoms in total. The number of allylic oxidation sites excluding steroid dienone is 3. The van der Waals surface area contributed by atoms with E-state index < -0.39 is 8.07 Å². The molecule has 0 radical (unpaired) electrons. The van der Waals surface area contributed by atoms with E-state index in [0.717, 1.165) is 31.0 Å². The van der Waals surface area contributed by atoms with Crippen LogP contribution in [0.4, 0.5) is 0 Å². The molecule has 1 aliphatic heterocycles. The van der Waals surface area contributed by atoms with Gasteiger partial charge in [0.1, 0.15) is 0 Å². The van der Waals surface area contributed by atoms with E-state index in [1.807, 2.05) is 0 Å². The van der Waals surface area contributed by atoms with Crippen LogP contribution in [0.1, 0.15) is 25.7 Å². The van der Waals surface area contributed by atoms with E-state index in [2.05, 4.69) is 24.9 Å². The van der Waals surface area contributed by atoms with Crippen LogP contribution in [0.3, 0.4) is 0 Å². The second-order valence-corrected chi connectivity index (χ2v) is 9.83. The third kappa shape index (κ3) is 3.97. The molecule has 0 bridgehead atoms. The molecular formula is C12H20Cl2Si. The van der Waals surface area contributed by atoms with Gasteiger partial charge < -0.3 is 0 Å². The molecule has 0 aromatic rings. The Morgan fingerprint density at radius 2 is 1.67 bits per heavy atom. The highest BCUT2D eigenvalue weighted by Crippen LogP contribution is 2.31. The molecule has 15 heavy (non-hydrogen) atoms. The number of alkyl halides is 2. The Hall–Kier alpha value is 0.277. The molecule has 0 amide bonds. The molecule has 0 fully saturated rings. The van der Waals surface area contributed by atoms with Gasteiger partial charge in [0, 0.05) is 11.8 Å². The molecular weight excluding hydrogens is 243 g/mol. The van der Waals surface area contributed by atoms with Crippen molar-refractivity contribution in [2.75, 3.05) is 11.8 Å². The molecule has 0 saturated carbocycles. The Labute approximate surface area is 104 Å². The van der Waals surface area contributed by atoms with E-state index in [0.29, 0.717) is 0 Å². The van der Waals surface area contributed by atoms with Gasteiger partial charge in [0.2, 0.25) is 0 Å². The third-order valence-electron chi connectivity index (χ3n) is 2.91. The molecule has 86 valence electrons. The first-order valence-corrected chi connectivity index (χ1v) is 9.79. The summed E-state index contributed by atoms with van der Waals surface area (Å²) in [4.78, 5) is 0. The minimum Gasteiger partial charge on any atom is -0.127 e.